The molecule has 2 atom stereocenters. The van der Waals surface area contributed by atoms with Gasteiger partial charge in [-0.1, -0.05) is 0 Å². The molecule has 22 heavy (non-hydrogen) atoms. The molecule has 2 heterocycles. The van der Waals surface area contributed by atoms with E-state index in [1.807, 2.05) is 0 Å². The Balaban J connectivity index is 2.37. The van der Waals surface area contributed by atoms with Crippen molar-refractivity contribution in [2.45, 2.75) is 32.2 Å². The van der Waals surface area contributed by atoms with Crippen molar-refractivity contribution in [3.63, 3.8) is 0 Å². The Labute approximate surface area is 126 Å². The number of aliphatic carboxylic acids is 1. The predicted octanol–water partition coefficient (Wildman–Crippen LogP) is 0.0721. The van der Waals surface area contributed by atoms with E-state index in [4.69, 9.17) is 4.74 Å². The molecule has 0 radical (unpaired) electrons. The summed E-state index contributed by atoms with van der Waals surface area (Å²) >= 11 is 0. The van der Waals surface area contributed by atoms with Crippen molar-refractivity contribution in [2.75, 3.05) is 13.7 Å². The second-order valence-electron chi connectivity index (χ2n) is 5.21. The highest BCUT2D eigenvalue weighted by Crippen LogP contribution is 2.39. The minimum absolute atomic E-state index is 0.0138. The Morgan fingerprint density at radius 2 is 2.05 bits per heavy atom. The molecule has 0 bridgehead atoms. The summed E-state index contributed by atoms with van der Waals surface area (Å²) in [5.74, 6) is -4.01. The summed E-state index contributed by atoms with van der Waals surface area (Å²) in [6.45, 7) is 1.29. The van der Waals surface area contributed by atoms with Gasteiger partial charge in [0.05, 0.1) is 24.6 Å². The van der Waals surface area contributed by atoms with Gasteiger partial charge in [-0.3, -0.25) is 14.4 Å². The highest BCUT2D eigenvalue weighted by atomic mass is 16.5. The maximum atomic E-state index is 12.2. The fraction of sp³-hybridized carbons (Fsp3) is 0.571. The molecule has 8 heteroatoms. The van der Waals surface area contributed by atoms with E-state index in [1.165, 1.54) is 18.9 Å². The van der Waals surface area contributed by atoms with Crippen LogP contribution >= 0.6 is 0 Å². The smallest absolute Gasteiger partial charge is 0.336 e. The van der Waals surface area contributed by atoms with Gasteiger partial charge in [-0.2, -0.15) is 0 Å². The zero-order valence-electron chi connectivity index (χ0n) is 12.3. The number of hydrogen-bond acceptors (Lipinski definition) is 6. The van der Waals surface area contributed by atoms with E-state index >= 15 is 0 Å². The van der Waals surface area contributed by atoms with Crippen molar-refractivity contribution in [2.24, 2.45) is 5.92 Å². The molecule has 2 rings (SSSR count). The lowest BCUT2D eigenvalue weighted by Gasteiger charge is -2.33. The molecule has 0 aliphatic carbocycles. The van der Waals surface area contributed by atoms with Crippen molar-refractivity contribution < 1.29 is 33.8 Å². The van der Waals surface area contributed by atoms with Gasteiger partial charge in [0.15, 0.2) is 0 Å². The molecular weight excluding hydrogens is 294 g/mol. The molecule has 0 saturated carbocycles. The number of hydrogen-bond donors (Lipinski definition) is 1. The molecule has 1 N–H and O–H groups in total. The van der Waals surface area contributed by atoms with Crippen molar-refractivity contribution in [3.05, 3.63) is 11.3 Å². The van der Waals surface area contributed by atoms with Gasteiger partial charge < -0.3 is 19.5 Å². The molecule has 1 amide bonds. The molecule has 0 aromatic rings. The van der Waals surface area contributed by atoms with Crippen LogP contribution in [-0.2, 0) is 28.7 Å². The fourth-order valence-electron chi connectivity index (χ4n) is 2.92. The highest BCUT2D eigenvalue weighted by Gasteiger charge is 2.46. The average molecular weight is 311 g/mol. The summed E-state index contributed by atoms with van der Waals surface area (Å²) in [7, 11) is 1.17. The quantitative estimate of drug-likeness (QED) is 0.731. The van der Waals surface area contributed by atoms with Crippen LogP contribution in [0.1, 0.15) is 26.2 Å². The van der Waals surface area contributed by atoms with E-state index < -0.39 is 23.8 Å². The number of rotatable bonds is 4. The number of carboxylic acids is 1. The molecular formula is C14H17NO7. The molecule has 1 fully saturated rings. The number of esters is 2. The van der Waals surface area contributed by atoms with Gasteiger partial charge in [-0.15, -0.1) is 0 Å². The maximum absolute atomic E-state index is 12.2. The van der Waals surface area contributed by atoms with E-state index in [0.717, 1.165) is 0 Å². The Morgan fingerprint density at radius 1 is 1.36 bits per heavy atom. The van der Waals surface area contributed by atoms with Crippen LogP contribution in [0.5, 0.6) is 0 Å². The number of carboxylic acid groups (broad SMARTS) is 1. The van der Waals surface area contributed by atoms with Crippen LogP contribution in [0.4, 0.5) is 0 Å². The van der Waals surface area contributed by atoms with E-state index in [1.54, 1.807) is 0 Å². The lowest BCUT2D eigenvalue weighted by molar-refractivity contribution is -0.150. The molecule has 0 aromatic heterocycles. The largest absolute Gasteiger partial charge is 0.481 e. The number of carbonyl (C=O) groups is 4. The minimum Gasteiger partial charge on any atom is -0.481 e. The summed E-state index contributed by atoms with van der Waals surface area (Å²) in [6.07, 6.45) is 0.562. The van der Waals surface area contributed by atoms with E-state index in [0.29, 0.717) is 18.5 Å². The third-order valence-corrected chi connectivity index (χ3v) is 3.86. The molecule has 0 unspecified atom stereocenters. The van der Waals surface area contributed by atoms with Crippen LogP contribution in [0.25, 0.3) is 0 Å². The zero-order chi connectivity index (χ0) is 16.4. The van der Waals surface area contributed by atoms with Crippen LogP contribution in [0.2, 0.25) is 0 Å². The molecule has 1 saturated heterocycles. The van der Waals surface area contributed by atoms with Gasteiger partial charge in [-0.05, 0) is 12.8 Å². The normalized spacial score (nSPS) is 24.1. The molecule has 0 spiro atoms. The van der Waals surface area contributed by atoms with Crippen LogP contribution in [-0.4, -0.2) is 53.6 Å². The van der Waals surface area contributed by atoms with Crippen molar-refractivity contribution in [3.8, 4) is 0 Å². The van der Waals surface area contributed by atoms with Gasteiger partial charge in [0, 0.05) is 19.0 Å². The minimum atomic E-state index is -1.23. The first-order chi connectivity index (χ1) is 10.4. The zero-order valence-corrected chi connectivity index (χ0v) is 12.3. The summed E-state index contributed by atoms with van der Waals surface area (Å²) in [6, 6.07) is -0.374. The van der Waals surface area contributed by atoms with Gasteiger partial charge in [0.1, 0.15) is 6.61 Å². The lowest BCUT2D eigenvalue weighted by atomic mass is 9.89. The van der Waals surface area contributed by atoms with Crippen LogP contribution in [0.15, 0.2) is 11.3 Å². The Bertz CT molecular complexity index is 566. The number of methoxy groups -OCH3 is 1. The monoisotopic (exact) mass is 311 g/mol. The summed E-state index contributed by atoms with van der Waals surface area (Å²) in [5.41, 5.74) is 0.382. The standard InChI is InChI=1S/C14H17NO7/c1-7(16)22-6-8-3-4-10-12(14(20)21-2)9(13(18)19)5-11(17)15(8)10/h8-9H,3-6H2,1-2H3,(H,18,19)/t8-,9-/m0/s1. The van der Waals surface area contributed by atoms with Gasteiger partial charge >= 0.3 is 17.9 Å². The highest BCUT2D eigenvalue weighted by molar-refractivity contribution is 6.00. The molecule has 8 nitrogen and oxygen atoms in total. The summed E-state index contributed by atoms with van der Waals surface area (Å²) in [5, 5.41) is 9.25. The summed E-state index contributed by atoms with van der Waals surface area (Å²) in [4.78, 5) is 47.8. The fourth-order valence-corrected chi connectivity index (χ4v) is 2.92. The maximum Gasteiger partial charge on any atom is 0.336 e. The first kappa shape index (κ1) is 16.0. The van der Waals surface area contributed by atoms with Crippen molar-refractivity contribution >= 4 is 23.8 Å². The van der Waals surface area contributed by atoms with Crippen LogP contribution in [0, 0.1) is 5.92 Å². The third kappa shape index (κ3) is 2.81. The van der Waals surface area contributed by atoms with Crippen LogP contribution in [0.3, 0.4) is 0 Å². The number of allylic oxidation sites excluding steroid dienone is 1. The van der Waals surface area contributed by atoms with Gasteiger partial charge in [-0.25, -0.2) is 4.79 Å². The second kappa shape index (κ2) is 6.17. The van der Waals surface area contributed by atoms with Crippen molar-refractivity contribution in [1.29, 1.82) is 0 Å². The number of carbonyl (C=O) groups excluding carboxylic acids is 3. The van der Waals surface area contributed by atoms with Gasteiger partial charge in [0.2, 0.25) is 5.91 Å². The lowest BCUT2D eigenvalue weighted by Crippen LogP contribution is -2.44. The SMILES string of the molecule is COC(=O)C1=C2CC[C@@H](COC(C)=O)N2C(=O)C[C@@H]1C(=O)O. The number of nitrogens with zero attached hydrogens (tertiary/aromatic N) is 1. The number of ether oxygens (including phenoxy) is 2. The second-order valence-corrected chi connectivity index (χ2v) is 5.21. The Kier molecular flexibility index (Phi) is 4.48. The van der Waals surface area contributed by atoms with Gasteiger partial charge in [0.25, 0.3) is 0 Å². The Morgan fingerprint density at radius 3 is 2.59 bits per heavy atom. The first-order valence-corrected chi connectivity index (χ1v) is 6.86. The molecule has 2 aliphatic rings. The predicted molar refractivity (Wildman–Crippen MR) is 71.3 cm³/mol. The van der Waals surface area contributed by atoms with Crippen molar-refractivity contribution in [1.82, 2.24) is 4.90 Å². The molecule has 2 aliphatic heterocycles. The molecule has 0 aromatic carbocycles. The van der Waals surface area contributed by atoms with E-state index in [2.05, 4.69) is 4.74 Å². The molecule has 120 valence electrons. The summed E-state index contributed by atoms with van der Waals surface area (Å²) < 4.78 is 9.60. The third-order valence-electron chi connectivity index (χ3n) is 3.86. The average Bonchev–Trinajstić information content (AvgIpc) is 2.88. The first-order valence-electron chi connectivity index (χ1n) is 6.86. The Hall–Kier alpha value is -2.38. The van der Waals surface area contributed by atoms with Crippen LogP contribution < -0.4 is 0 Å². The van der Waals surface area contributed by atoms with E-state index in [9.17, 15) is 24.3 Å². The topological polar surface area (TPSA) is 110 Å². The van der Waals surface area contributed by atoms with E-state index in [-0.39, 0.29) is 30.5 Å². The number of fused-ring (bicyclic) bond motifs is 1. The number of amides is 1.